The van der Waals surface area contributed by atoms with Gasteiger partial charge >= 0.3 is 0 Å². The summed E-state index contributed by atoms with van der Waals surface area (Å²) in [5.41, 5.74) is 3.27. The van der Waals surface area contributed by atoms with Crippen molar-refractivity contribution in [2.24, 2.45) is 5.92 Å². The number of oxazole rings is 1. The third-order valence-corrected chi connectivity index (χ3v) is 5.58. The average Bonchev–Trinajstić information content (AvgIpc) is 3.11. The van der Waals surface area contributed by atoms with Gasteiger partial charge in [-0.1, -0.05) is 19.1 Å². The molecule has 2 aromatic rings. The number of likely N-dealkylation sites (tertiary alicyclic amines) is 1. The molecule has 1 amide bonds. The van der Waals surface area contributed by atoms with E-state index in [4.69, 9.17) is 14.1 Å². The van der Waals surface area contributed by atoms with Crippen LogP contribution in [0.4, 0.5) is 0 Å². The molecule has 1 aromatic carbocycles. The number of nitrogens with one attached hydrogen (secondary N) is 1. The van der Waals surface area contributed by atoms with Crippen LogP contribution in [-0.2, 0) is 22.5 Å². The van der Waals surface area contributed by atoms with E-state index in [0.29, 0.717) is 19.0 Å². The van der Waals surface area contributed by atoms with E-state index in [9.17, 15) is 4.79 Å². The molecule has 1 aliphatic rings. The first-order valence-corrected chi connectivity index (χ1v) is 10.6. The van der Waals surface area contributed by atoms with Crippen molar-refractivity contribution in [3.05, 3.63) is 41.3 Å². The molecular formula is C23H33N3O3. The molecule has 0 saturated carbocycles. The number of hydrogen-bond donors (Lipinski definition) is 1. The number of carbonyl (C=O) groups excluding carboxylic acids is 1. The molecule has 0 radical (unpaired) electrons. The second-order valence-electron chi connectivity index (χ2n) is 7.78. The summed E-state index contributed by atoms with van der Waals surface area (Å²) in [6.07, 6.45) is 3.84. The lowest BCUT2D eigenvalue weighted by molar-refractivity contribution is -0.126. The van der Waals surface area contributed by atoms with Gasteiger partial charge in [0.2, 0.25) is 11.8 Å². The lowest BCUT2D eigenvalue weighted by Crippen LogP contribution is -2.43. The van der Waals surface area contributed by atoms with Crippen LogP contribution >= 0.6 is 0 Å². The summed E-state index contributed by atoms with van der Waals surface area (Å²) in [5, 5.41) is 3.04. The molecule has 6 nitrogen and oxygen atoms in total. The third-order valence-electron chi connectivity index (χ3n) is 5.58. The van der Waals surface area contributed by atoms with Gasteiger partial charge in [-0.2, -0.15) is 0 Å². The van der Waals surface area contributed by atoms with Crippen LogP contribution in [-0.4, -0.2) is 49.1 Å². The minimum atomic E-state index is 0.0413. The Morgan fingerprint density at radius 2 is 2.14 bits per heavy atom. The maximum Gasteiger partial charge on any atom is 0.226 e. The summed E-state index contributed by atoms with van der Waals surface area (Å²) in [5.74, 6) is 1.72. The second-order valence-corrected chi connectivity index (χ2v) is 7.78. The second kappa shape index (κ2) is 10.6. The zero-order valence-corrected chi connectivity index (χ0v) is 17.9. The van der Waals surface area contributed by atoms with Crippen molar-refractivity contribution in [3.8, 4) is 11.5 Å². The van der Waals surface area contributed by atoms with Gasteiger partial charge in [0.15, 0.2) is 0 Å². The average molecular weight is 400 g/mol. The van der Waals surface area contributed by atoms with Gasteiger partial charge < -0.3 is 14.5 Å². The number of piperidine rings is 1. The molecule has 1 aliphatic heterocycles. The molecule has 1 N–H and O–H groups in total. The van der Waals surface area contributed by atoms with Crippen LogP contribution in [0.3, 0.4) is 0 Å². The topological polar surface area (TPSA) is 67.6 Å². The molecule has 2 heterocycles. The molecule has 1 atom stereocenters. The molecule has 0 spiro atoms. The largest absolute Gasteiger partial charge is 0.441 e. The number of rotatable bonds is 9. The molecule has 1 unspecified atom stereocenters. The van der Waals surface area contributed by atoms with Crippen molar-refractivity contribution < 1.29 is 13.9 Å². The first-order chi connectivity index (χ1) is 14.1. The molecule has 0 aliphatic carbocycles. The van der Waals surface area contributed by atoms with E-state index in [1.165, 1.54) is 5.56 Å². The van der Waals surface area contributed by atoms with Crippen molar-refractivity contribution in [1.29, 1.82) is 0 Å². The van der Waals surface area contributed by atoms with Gasteiger partial charge in [-0.3, -0.25) is 9.69 Å². The number of ether oxygens (including phenoxy) is 1. The van der Waals surface area contributed by atoms with Gasteiger partial charge in [0, 0.05) is 38.9 Å². The quantitative estimate of drug-likeness (QED) is 0.653. The Morgan fingerprint density at radius 3 is 2.86 bits per heavy atom. The van der Waals surface area contributed by atoms with E-state index in [-0.39, 0.29) is 11.8 Å². The third kappa shape index (κ3) is 5.90. The highest BCUT2D eigenvalue weighted by Gasteiger charge is 2.26. The highest BCUT2D eigenvalue weighted by atomic mass is 16.5. The van der Waals surface area contributed by atoms with Gasteiger partial charge in [-0.15, -0.1) is 0 Å². The first kappa shape index (κ1) is 21.5. The maximum absolute atomic E-state index is 12.5. The van der Waals surface area contributed by atoms with E-state index in [1.807, 2.05) is 6.92 Å². The number of methoxy groups -OCH3 is 1. The van der Waals surface area contributed by atoms with Gasteiger partial charge in [-0.25, -0.2) is 4.98 Å². The van der Waals surface area contributed by atoms with E-state index in [2.05, 4.69) is 41.4 Å². The monoisotopic (exact) mass is 399 g/mol. The number of carbonyl (C=O) groups is 1. The van der Waals surface area contributed by atoms with E-state index >= 15 is 0 Å². The highest BCUT2D eigenvalue weighted by molar-refractivity contribution is 5.78. The predicted molar refractivity (Wildman–Crippen MR) is 114 cm³/mol. The lowest BCUT2D eigenvalue weighted by Gasteiger charge is -2.31. The van der Waals surface area contributed by atoms with Crippen molar-refractivity contribution in [1.82, 2.24) is 15.2 Å². The minimum Gasteiger partial charge on any atom is -0.441 e. The molecular weight excluding hydrogens is 366 g/mol. The molecule has 6 heteroatoms. The number of benzene rings is 1. The van der Waals surface area contributed by atoms with Gasteiger partial charge in [0.1, 0.15) is 5.76 Å². The molecule has 29 heavy (non-hydrogen) atoms. The fourth-order valence-corrected chi connectivity index (χ4v) is 3.78. The van der Waals surface area contributed by atoms with Crippen LogP contribution < -0.4 is 5.32 Å². The van der Waals surface area contributed by atoms with Gasteiger partial charge in [0.05, 0.1) is 11.6 Å². The number of nitrogens with zero attached hydrogens (tertiary/aromatic N) is 2. The van der Waals surface area contributed by atoms with Crippen molar-refractivity contribution in [2.75, 3.05) is 33.4 Å². The van der Waals surface area contributed by atoms with Gasteiger partial charge in [0.25, 0.3) is 0 Å². The summed E-state index contributed by atoms with van der Waals surface area (Å²) in [6.45, 7) is 7.93. The molecule has 3 rings (SSSR count). The van der Waals surface area contributed by atoms with Crippen molar-refractivity contribution >= 4 is 5.91 Å². The molecule has 1 fully saturated rings. The Labute approximate surface area is 173 Å². The van der Waals surface area contributed by atoms with Crippen molar-refractivity contribution in [3.63, 3.8) is 0 Å². The Morgan fingerprint density at radius 1 is 1.34 bits per heavy atom. The molecule has 1 saturated heterocycles. The summed E-state index contributed by atoms with van der Waals surface area (Å²) >= 11 is 0. The van der Waals surface area contributed by atoms with E-state index in [0.717, 1.165) is 62.3 Å². The smallest absolute Gasteiger partial charge is 0.226 e. The fraction of sp³-hybridized carbons (Fsp3) is 0.565. The Bertz CT molecular complexity index is 785. The lowest BCUT2D eigenvalue weighted by atomic mass is 9.97. The Hall–Kier alpha value is -2.18. The van der Waals surface area contributed by atoms with Crippen LogP contribution in [0, 0.1) is 12.8 Å². The number of aryl methyl sites for hydroxylation is 2. The van der Waals surface area contributed by atoms with Crippen LogP contribution in [0.5, 0.6) is 0 Å². The molecule has 0 bridgehead atoms. The summed E-state index contributed by atoms with van der Waals surface area (Å²) in [7, 11) is 1.68. The van der Waals surface area contributed by atoms with Crippen LogP contribution in [0.15, 0.2) is 28.7 Å². The van der Waals surface area contributed by atoms with Crippen LogP contribution in [0.25, 0.3) is 11.5 Å². The Balaban J connectivity index is 1.58. The predicted octanol–water partition coefficient (Wildman–Crippen LogP) is 3.58. The standard InChI is InChI=1S/C23H33N3O3/c1-4-18-8-10-19(11-9-18)23-25-21(17(2)29-23)16-26-13-5-7-20(15-26)22(27)24-12-6-14-28-3/h8-11,20H,4-7,12-16H2,1-3H3,(H,24,27). The summed E-state index contributed by atoms with van der Waals surface area (Å²) in [4.78, 5) is 19.5. The highest BCUT2D eigenvalue weighted by Crippen LogP contribution is 2.25. The molecule has 1 aromatic heterocycles. The fourth-order valence-electron chi connectivity index (χ4n) is 3.78. The van der Waals surface area contributed by atoms with Crippen LogP contribution in [0.1, 0.15) is 43.2 Å². The Kier molecular flexibility index (Phi) is 7.83. The summed E-state index contributed by atoms with van der Waals surface area (Å²) < 4.78 is 11.0. The maximum atomic E-state index is 12.5. The SMILES string of the molecule is CCc1ccc(-c2nc(CN3CCCC(C(=O)NCCCOC)C3)c(C)o2)cc1. The number of hydrogen-bond acceptors (Lipinski definition) is 5. The zero-order valence-electron chi connectivity index (χ0n) is 17.9. The van der Waals surface area contributed by atoms with Gasteiger partial charge in [-0.05, 0) is 56.8 Å². The summed E-state index contributed by atoms with van der Waals surface area (Å²) in [6, 6.07) is 8.38. The van der Waals surface area contributed by atoms with E-state index < -0.39 is 0 Å². The van der Waals surface area contributed by atoms with Crippen LogP contribution in [0.2, 0.25) is 0 Å². The number of amides is 1. The van der Waals surface area contributed by atoms with E-state index in [1.54, 1.807) is 7.11 Å². The number of aromatic nitrogens is 1. The molecule has 158 valence electrons. The zero-order chi connectivity index (χ0) is 20.6. The minimum absolute atomic E-state index is 0.0413. The first-order valence-electron chi connectivity index (χ1n) is 10.6. The van der Waals surface area contributed by atoms with Crippen molar-refractivity contribution in [2.45, 2.75) is 46.1 Å². The normalized spacial score (nSPS) is 17.4.